The van der Waals surface area contributed by atoms with Crippen LogP contribution in [0, 0.1) is 13.8 Å². The van der Waals surface area contributed by atoms with Crippen LogP contribution >= 0.6 is 0 Å². The number of amides is 2. The van der Waals surface area contributed by atoms with Gasteiger partial charge in [-0.2, -0.15) is 0 Å². The fourth-order valence-electron chi connectivity index (χ4n) is 3.63. The number of benzene rings is 1. The zero-order valence-corrected chi connectivity index (χ0v) is 16.7. The third kappa shape index (κ3) is 4.56. The van der Waals surface area contributed by atoms with Gasteiger partial charge in [0.1, 0.15) is 11.6 Å². The lowest BCUT2D eigenvalue weighted by atomic mass is 9.95. The molecule has 7 heteroatoms. The summed E-state index contributed by atoms with van der Waals surface area (Å²) in [6.45, 7) is 4.17. The number of carbonyl (C=O) groups excluding carboxylic acids is 1. The fraction of sp³-hybridized carbons (Fsp3) is 0.318. The van der Waals surface area contributed by atoms with E-state index in [4.69, 9.17) is 0 Å². The topological polar surface area (TPSA) is 92.7 Å². The average molecular weight is 388 g/mol. The number of nitrogens with zero attached hydrogens (tertiary/aromatic N) is 4. The minimum atomic E-state index is -0.292. The normalized spacial score (nSPS) is 12.9. The molecule has 7 nitrogen and oxygen atoms in total. The standard InChI is InChI=1S/C22H24N6O/c1-14-18-8-3-4-9-20(18)28-21(25-14)13-24-22(29)27-17-7-5-6-16(12-17)19-10-11-23-15(2)26-19/h5-7,10-12H,3-4,8-9,13H2,1-2H3,(H2,24,27,29). The quantitative estimate of drug-likeness (QED) is 0.710. The Kier molecular flexibility index (Phi) is 5.46. The minimum Gasteiger partial charge on any atom is -0.331 e. The van der Waals surface area contributed by atoms with Crippen molar-refractivity contribution in [2.24, 2.45) is 0 Å². The molecule has 0 unspecified atom stereocenters. The first-order chi connectivity index (χ1) is 14.1. The maximum absolute atomic E-state index is 12.4. The van der Waals surface area contributed by atoms with Gasteiger partial charge in [-0.25, -0.2) is 24.7 Å². The van der Waals surface area contributed by atoms with E-state index in [0.717, 1.165) is 35.5 Å². The van der Waals surface area contributed by atoms with Crippen LogP contribution in [0.3, 0.4) is 0 Å². The Labute approximate surface area is 170 Å². The lowest BCUT2D eigenvalue weighted by Gasteiger charge is -2.17. The molecule has 1 aromatic carbocycles. The van der Waals surface area contributed by atoms with Gasteiger partial charge in [0, 0.05) is 28.8 Å². The maximum atomic E-state index is 12.4. The molecule has 0 atom stereocenters. The predicted molar refractivity (Wildman–Crippen MR) is 111 cm³/mol. The van der Waals surface area contributed by atoms with Crippen LogP contribution in [0.4, 0.5) is 10.5 Å². The number of aryl methyl sites for hydroxylation is 3. The number of fused-ring (bicyclic) bond motifs is 1. The van der Waals surface area contributed by atoms with Crippen LogP contribution in [-0.4, -0.2) is 26.0 Å². The van der Waals surface area contributed by atoms with E-state index in [9.17, 15) is 4.79 Å². The van der Waals surface area contributed by atoms with Gasteiger partial charge in [-0.1, -0.05) is 12.1 Å². The Morgan fingerprint density at radius 3 is 2.79 bits per heavy atom. The Morgan fingerprint density at radius 1 is 1.07 bits per heavy atom. The Bertz CT molecular complexity index is 1050. The van der Waals surface area contributed by atoms with Crippen molar-refractivity contribution in [3.05, 3.63) is 65.1 Å². The highest BCUT2D eigenvalue weighted by molar-refractivity contribution is 5.89. The Balaban J connectivity index is 1.40. The van der Waals surface area contributed by atoms with E-state index in [1.54, 1.807) is 6.20 Å². The molecular formula is C22H24N6O. The second-order valence-corrected chi connectivity index (χ2v) is 7.24. The number of hydrogen-bond acceptors (Lipinski definition) is 5. The number of rotatable bonds is 4. The molecule has 0 spiro atoms. The summed E-state index contributed by atoms with van der Waals surface area (Å²) in [5.41, 5.74) is 5.87. The van der Waals surface area contributed by atoms with E-state index in [0.29, 0.717) is 23.9 Å². The molecule has 0 aliphatic heterocycles. The monoisotopic (exact) mass is 388 g/mol. The molecule has 0 saturated heterocycles. The van der Waals surface area contributed by atoms with Crippen molar-refractivity contribution >= 4 is 11.7 Å². The number of nitrogens with one attached hydrogen (secondary N) is 2. The molecule has 0 fully saturated rings. The van der Waals surface area contributed by atoms with Crippen LogP contribution < -0.4 is 10.6 Å². The van der Waals surface area contributed by atoms with Crippen LogP contribution in [0.5, 0.6) is 0 Å². The van der Waals surface area contributed by atoms with Crippen molar-refractivity contribution in [2.45, 2.75) is 46.1 Å². The molecular weight excluding hydrogens is 364 g/mol. The van der Waals surface area contributed by atoms with E-state index in [-0.39, 0.29) is 6.03 Å². The summed E-state index contributed by atoms with van der Waals surface area (Å²) in [5.74, 6) is 1.36. The summed E-state index contributed by atoms with van der Waals surface area (Å²) >= 11 is 0. The van der Waals surface area contributed by atoms with Crippen LogP contribution in [0.1, 0.15) is 41.4 Å². The third-order valence-corrected chi connectivity index (χ3v) is 5.04. The fourth-order valence-corrected chi connectivity index (χ4v) is 3.63. The van der Waals surface area contributed by atoms with Gasteiger partial charge in [0.2, 0.25) is 0 Å². The van der Waals surface area contributed by atoms with Crippen molar-refractivity contribution in [3.63, 3.8) is 0 Å². The molecule has 2 aromatic heterocycles. The molecule has 0 bridgehead atoms. The molecule has 0 radical (unpaired) electrons. The summed E-state index contributed by atoms with van der Waals surface area (Å²) in [4.78, 5) is 30.1. The second kappa shape index (κ2) is 8.34. The van der Waals surface area contributed by atoms with Crippen molar-refractivity contribution < 1.29 is 4.79 Å². The maximum Gasteiger partial charge on any atom is 0.319 e. The van der Waals surface area contributed by atoms with Crippen LogP contribution in [-0.2, 0) is 19.4 Å². The lowest BCUT2D eigenvalue weighted by Crippen LogP contribution is -2.29. The summed E-state index contributed by atoms with van der Waals surface area (Å²) in [5, 5.41) is 5.71. The van der Waals surface area contributed by atoms with Gasteiger partial charge in [0.15, 0.2) is 0 Å². The highest BCUT2D eigenvalue weighted by atomic mass is 16.2. The number of urea groups is 1. The number of aromatic nitrogens is 4. The van der Waals surface area contributed by atoms with Gasteiger partial charge in [-0.3, -0.25) is 0 Å². The van der Waals surface area contributed by atoms with Crippen molar-refractivity contribution in [1.29, 1.82) is 0 Å². The van der Waals surface area contributed by atoms with Gasteiger partial charge in [0.05, 0.1) is 12.2 Å². The van der Waals surface area contributed by atoms with Crippen molar-refractivity contribution in [2.75, 3.05) is 5.32 Å². The summed E-state index contributed by atoms with van der Waals surface area (Å²) in [6.07, 6.45) is 6.14. The molecule has 1 aliphatic carbocycles. The molecule has 0 saturated carbocycles. The van der Waals surface area contributed by atoms with Crippen LogP contribution in [0.2, 0.25) is 0 Å². The Hall–Kier alpha value is -3.35. The first-order valence-electron chi connectivity index (χ1n) is 9.89. The summed E-state index contributed by atoms with van der Waals surface area (Å²) in [6, 6.07) is 9.13. The molecule has 2 heterocycles. The number of carbonyl (C=O) groups is 1. The zero-order chi connectivity index (χ0) is 20.2. The number of anilines is 1. The SMILES string of the molecule is Cc1nccc(-c2cccc(NC(=O)NCc3nc(C)c4c(n3)CCCC4)c2)n1. The van der Waals surface area contributed by atoms with E-state index in [1.807, 2.05) is 44.2 Å². The van der Waals surface area contributed by atoms with Crippen molar-refractivity contribution in [3.8, 4) is 11.3 Å². The van der Waals surface area contributed by atoms with E-state index >= 15 is 0 Å². The predicted octanol–water partition coefficient (Wildman–Crippen LogP) is 3.75. The minimum absolute atomic E-state index is 0.292. The van der Waals surface area contributed by atoms with Crippen LogP contribution in [0.15, 0.2) is 36.5 Å². The van der Waals surface area contributed by atoms with Gasteiger partial charge in [-0.15, -0.1) is 0 Å². The van der Waals surface area contributed by atoms with Gasteiger partial charge in [0.25, 0.3) is 0 Å². The lowest BCUT2D eigenvalue weighted by molar-refractivity contribution is 0.251. The van der Waals surface area contributed by atoms with E-state index in [2.05, 4.69) is 30.6 Å². The molecule has 148 valence electrons. The van der Waals surface area contributed by atoms with Gasteiger partial charge in [-0.05, 0) is 63.3 Å². The van der Waals surface area contributed by atoms with Gasteiger partial charge >= 0.3 is 6.03 Å². The van der Waals surface area contributed by atoms with E-state index < -0.39 is 0 Å². The van der Waals surface area contributed by atoms with E-state index in [1.165, 1.54) is 18.4 Å². The molecule has 29 heavy (non-hydrogen) atoms. The van der Waals surface area contributed by atoms with Crippen LogP contribution in [0.25, 0.3) is 11.3 Å². The molecule has 1 aliphatic rings. The zero-order valence-electron chi connectivity index (χ0n) is 16.7. The van der Waals surface area contributed by atoms with Gasteiger partial charge < -0.3 is 10.6 Å². The van der Waals surface area contributed by atoms with Crippen molar-refractivity contribution in [1.82, 2.24) is 25.3 Å². The first kappa shape index (κ1) is 19.0. The summed E-state index contributed by atoms with van der Waals surface area (Å²) in [7, 11) is 0. The molecule has 2 amide bonds. The average Bonchev–Trinajstić information content (AvgIpc) is 2.73. The third-order valence-electron chi connectivity index (χ3n) is 5.04. The smallest absolute Gasteiger partial charge is 0.319 e. The molecule has 3 aromatic rings. The molecule has 4 rings (SSSR count). The highest BCUT2D eigenvalue weighted by Crippen LogP contribution is 2.22. The molecule has 2 N–H and O–H groups in total. The second-order valence-electron chi connectivity index (χ2n) is 7.24. The number of hydrogen-bond donors (Lipinski definition) is 2. The largest absolute Gasteiger partial charge is 0.331 e. The Morgan fingerprint density at radius 2 is 1.93 bits per heavy atom. The first-order valence-corrected chi connectivity index (χ1v) is 9.89. The summed E-state index contributed by atoms with van der Waals surface area (Å²) < 4.78 is 0. The highest BCUT2D eigenvalue weighted by Gasteiger charge is 2.15.